The van der Waals surface area contributed by atoms with Crippen molar-refractivity contribution in [3.8, 4) is 0 Å². The molecule has 6 nitrogen and oxygen atoms in total. The highest BCUT2D eigenvalue weighted by molar-refractivity contribution is 5.82. The van der Waals surface area contributed by atoms with E-state index in [2.05, 4.69) is 27.0 Å². The zero-order valence-corrected chi connectivity index (χ0v) is 16.0. The molecule has 25 heavy (non-hydrogen) atoms. The van der Waals surface area contributed by atoms with Crippen LogP contribution in [0.1, 0.15) is 45.4 Å². The van der Waals surface area contributed by atoms with Crippen molar-refractivity contribution in [3.63, 3.8) is 0 Å². The normalized spacial score (nSPS) is 24.8. The first-order chi connectivity index (χ1) is 12.2. The molecule has 1 atom stereocenters. The Kier molecular flexibility index (Phi) is 6.57. The Hall–Kier alpha value is -1.30. The van der Waals surface area contributed by atoms with Crippen LogP contribution in [-0.2, 0) is 4.79 Å². The Morgan fingerprint density at radius 3 is 2.24 bits per heavy atom. The van der Waals surface area contributed by atoms with Crippen LogP contribution in [0, 0.1) is 5.92 Å². The number of aliphatic imine (C=N–C) groups is 1. The van der Waals surface area contributed by atoms with Gasteiger partial charge >= 0.3 is 0 Å². The van der Waals surface area contributed by atoms with Gasteiger partial charge in [0.1, 0.15) is 0 Å². The molecule has 1 aliphatic carbocycles. The smallest absolute Gasteiger partial charge is 0.239 e. The summed E-state index contributed by atoms with van der Waals surface area (Å²) in [6.07, 6.45) is 7.80. The number of amides is 1. The number of nitrogens with zero attached hydrogens (tertiary/aromatic N) is 4. The first kappa shape index (κ1) is 18.5. The van der Waals surface area contributed by atoms with Gasteiger partial charge in [-0.25, -0.2) is 0 Å². The Morgan fingerprint density at radius 2 is 1.64 bits per heavy atom. The van der Waals surface area contributed by atoms with E-state index in [1.807, 2.05) is 11.9 Å². The number of nitrogens with one attached hydrogen (secondary N) is 1. The van der Waals surface area contributed by atoms with Crippen molar-refractivity contribution >= 4 is 11.9 Å². The number of carbonyl (C=O) groups excluding carboxylic acids is 1. The van der Waals surface area contributed by atoms with Gasteiger partial charge in [-0.15, -0.1) is 0 Å². The maximum atomic E-state index is 12.6. The predicted molar refractivity (Wildman–Crippen MR) is 102 cm³/mol. The number of piperazine rings is 1. The second-order valence-electron chi connectivity index (χ2n) is 7.81. The largest absolute Gasteiger partial charge is 0.356 e. The van der Waals surface area contributed by atoms with Crippen LogP contribution in [0.25, 0.3) is 0 Å². The molecular weight excluding hydrogens is 314 g/mol. The second-order valence-corrected chi connectivity index (χ2v) is 7.81. The summed E-state index contributed by atoms with van der Waals surface area (Å²) in [4.78, 5) is 23.8. The maximum absolute atomic E-state index is 12.6. The van der Waals surface area contributed by atoms with Crippen LogP contribution in [0.15, 0.2) is 4.99 Å². The molecule has 1 unspecified atom stereocenters. The molecule has 142 valence electrons. The van der Waals surface area contributed by atoms with Gasteiger partial charge in [0.25, 0.3) is 0 Å². The second kappa shape index (κ2) is 8.88. The van der Waals surface area contributed by atoms with E-state index in [0.717, 1.165) is 70.5 Å². The summed E-state index contributed by atoms with van der Waals surface area (Å²) in [6.45, 7) is 8.78. The fourth-order valence-electron chi connectivity index (χ4n) is 4.46. The third-order valence-electron chi connectivity index (χ3n) is 6.17. The summed E-state index contributed by atoms with van der Waals surface area (Å²) in [5, 5.41) is 3.57. The van der Waals surface area contributed by atoms with Gasteiger partial charge in [0.15, 0.2) is 5.96 Å². The molecule has 0 bridgehead atoms. The molecule has 2 heterocycles. The highest BCUT2D eigenvalue weighted by atomic mass is 16.2. The average Bonchev–Trinajstić information content (AvgIpc) is 3.35. The fourth-order valence-corrected chi connectivity index (χ4v) is 4.46. The molecule has 0 radical (unpaired) electrons. The van der Waals surface area contributed by atoms with Crippen molar-refractivity contribution in [1.82, 2.24) is 20.0 Å². The first-order valence-electron chi connectivity index (χ1n) is 10.2. The summed E-state index contributed by atoms with van der Waals surface area (Å²) in [7, 11) is 1.88. The van der Waals surface area contributed by atoms with Crippen LogP contribution < -0.4 is 5.32 Å². The predicted octanol–water partition coefficient (Wildman–Crippen LogP) is 1.38. The SMILES string of the molecule is CN=C(NCC1CCCC1)N1CCN(C(C)C(=O)N2CCCC2)CC1. The van der Waals surface area contributed by atoms with Crippen molar-refractivity contribution < 1.29 is 4.79 Å². The molecule has 6 heteroatoms. The topological polar surface area (TPSA) is 51.2 Å². The molecule has 0 aromatic rings. The van der Waals surface area contributed by atoms with E-state index in [0.29, 0.717) is 5.91 Å². The monoisotopic (exact) mass is 349 g/mol. The first-order valence-corrected chi connectivity index (χ1v) is 10.2. The van der Waals surface area contributed by atoms with Crippen molar-refractivity contribution in [3.05, 3.63) is 0 Å². The number of rotatable bonds is 4. The quantitative estimate of drug-likeness (QED) is 0.615. The van der Waals surface area contributed by atoms with Gasteiger partial charge < -0.3 is 15.1 Å². The van der Waals surface area contributed by atoms with Gasteiger partial charge in [-0.1, -0.05) is 12.8 Å². The number of likely N-dealkylation sites (tertiary alicyclic amines) is 1. The number of guanidine groups is 1. The number of hydrogen-bond donors (Lipinski definition) is 1. The lowest BCUT2D eigenvalue weighted by molar-refractivity contribution is -0.135. The fraction of sp³-hybridized carbons (Fsp3) is 0.895. The van der Waals surface area contributed by atoms with E-state index in [1.54, 1.807) is 0 Å². The van der Waals surface area contributed by atoms with Gasteiger partial charge in [0.05, 0.1) is 6.04 Å². The van der Waals surface area contributed by atoms with E-state index in [4.69, 9.17) is 0 Å². The zero-order valence-electron chi connectivity index (χ0n) is 16.0. The Labute approximate surface area is 152 Å². The van der Waals surface area contributed by atoms with Gasteiger partial charge in [-0.3, -0.25) is 14.7 Å². The van der Waals surface area contributed by atoms with Gasteiger partial charge in [-0.05, 0) is 38.5 Å². The van der Waals surface area contributed by atoms with Crippen LogP contribution in [0.5, 0.6) is 0 Å². The van der Waals surface area contributed by atoms with Crippen molar-refractivity contribution in [2.45, 2.75) is 51.5 Å². The molecule has 1 amide bonds. The molecule has 3 fully saturated rings. The third kappa shape index (κ3) is 4.66. The molecule has 3 rings (SSSR count). The highest BCUT2D eigenvalue weighted by Gasteiger charge is 2.30. The van der Waals surface area contributed by atoms with Crippen molar-refractivity contribution in [1.29, 1.82) is 0 Å². The molecular formula is C19H35N5O. The Balaban J connectivity index is 1.44. The van der Waals surface area contributed by atoms with Crippen LogP contribution >= 0.6 is 0 Å². The minimum absolute atomic E-state index is 0.00807. The molecule has 2 aliphatic heterocycles. The Bertz CT molecular complexity index is 460. The summed E-state index contributed by atoms with van der Waals surface area (Å²) >= 11 is 0. The average molecular weight is 350 g/mol. The zero-order chi connectivity index (χ0) is 17.6. The van der Waals surface area contributed by atoms with E-state index in [-0.39, 0.29) is 6.04 Å². The van der Waals surface area contributed by atoms with E-state index in [9.17, 15) is 4.79 Å². The molecule has 1 N–H and O–H groups in total. The summed E-state index contributed by atoms with van der Waals surface area (Å²) in [5.74, 6) is 2.16. The molecule has 0 aromatic carbocycles. The minimum atomic E-state index is 0.00807. The van der Waals surface area contributed by atoms with Crippen LogP contribution in [-0.4, -0.2) is 85.5 Å². The Morgan fingerprint density at radius 1 is 1.00 bits per heavy atom. The molecule has 0 spiro atoms. The molecule has 1 saturated carbocycles. The standard InChI is InChI=1S/C19H35N5O/c1-16(18(25)23-9-5-6-10-23)22-11-13-24(14-12-22)19(20-2)21-15-17-7-3-4-8-17/h16-17H,3-15H2,1-2H3,(H,20,21). The van der Waals surface area contributed by atoms with Crippen molar-refractivity contribution in [2.24, 2.45) is 10.9 Å². The summed E-state index contributed by atoms with van der Waals surface area (Å²) in [5.41, 5.74) is 0. The van der Waals surface area contributed by atoms with E-state index >= 15 is 0 Å². The van der Waals surface area contributed by atoms with Gasteiger partial charge in [-0.2, -0.15) is 0 Å². The maximum Gasteiger partial charge on any atom is 0.239 e. The van der Waals surface area contributed by atoms with Gasteiger partial charge in [0, 0.05) is 52.9 Å². The lowest BCUT2D eigenvalue weighted by Crippen LogP contribution is -2.57. The van der Waals surface area contributed by atoms with Crippen molar-refractivity contribution in [2.75, 3.05) is 52.9 Å². The van der Waals surface area contributed by atoms with E-state index < -0.39 is 0 Å². The minimum Gasteiger partial charge on any atom is -0.356 e. The lowest BCUT2D eigenvalue weighted by atomic mass is 10.1. The van der Waals surface area contributed by atoms with Crippen LogP contribution in [0.2, 0.25) is 0 Å². The van der Waals surface area contributed by atoms with Gasteiger partial charge in [0.2, 0.25) is 5.91 Å². The molecule has 0 aromatic heterocycles. The number of carbonyl (C=O) groups is 1. The highest BCUT2D eigenvalue weighted by Crippen LogP contribution is 2.23. The van der Waals surface area contributed by atoms with E-state index in [1.165, 1.54) is 25.7 Å². The number of hydrogen-bond acceptors (Lipinski definition) is 3. The molecule has 2 saturated heterocycles. The molecule has 3 aliphatic rings. The van der Waals surface area contributed by atoms with Crippen LogP contribution in [0.3, 0.4) is 0 Å². The lowest BCUT2D eigenvalue weighted by Gasteiger charge is -2.39. The summed E-state index contributed by atoms with van der Waals surface area (Å²) in [6, 6.07) is 0.00807. The third-order valence-corrected chi connectivity index (χ3v) is 6.17. The van der Waals surface area contributed by atoms with Crippen LogP contribution in [0.4, 0.5) is 0 Å². The summed E-state index contributed by atoms with van der Waals surface area (Å²) < 4.78 is 0.